The summed E-state index contributed by atoms with van der Waals surface area (Å²) in [5.41, 5.74) is 8.10. The molecule has 1 aliphatic rings. The van der Waals surface area contributed by atoms with Gasteiger partial charge in [-0.05, 0) is 23.5 Å². The number of methoxy groups -OCH3 is 1. The van der Waals surface area contributed by atoms with E-state index < -0.39 is 0 Å². The first-order valence-corrected chi connectivity index (χ1v) is 5.64. The van der Waals surface area contributed by atoms with E-state index in [0.29, 0.717) is 19.1 Å². The Morgan fingerprint density at radius 3 is 2.94 bits per heavy atom. The van der Waals surface area contributed by atoms with Gasteiger partial charge in [-0.1, -0.05) is 24.3 Å². The van der Waals surface area contributed by atoms with Gasteiger partial charge in [-0.15, -0.1) is 0 Å². The predicted molar refractivity (Wildman–Crippen MR) is 63.1 cm³/mol. The summed E-state index contributed by atoms with van der Waals surface area (Å²) < 4.78 is 5.11. The van der Waals surface area contributed by atoms with Crippen LogP contribution in [0, 0.1) is 5.41 Å². The van der Waals surface area contributed by atoms with E-state index in [1.54, 1.807) is 7.11 Å². The molecule has 3 nitrogen and oxygen atoms in total. The molecule has 2 rings (SSSR count). The fourth-order valence-corrected chi connectivity index (χ4v) is 2.35. The molecule has 2 unspecified atom stereocenters. The van der Waals surface area contributed by atoms with Crippen LogP contribution in [0.4, 0.5) is 0 Å². The highest BCUT2D eigenvalue weighted by atomic mass is 16.5. The summed E-state index contributed by atoms with van der Waals surface area (Å²) in [6.07, 6.45) is 0.996. The van der Waals surface area contributed by atoms with E-state index in [2.05, 4.69) is 18.2 Å². The third-order valence-corrected chi connectivity index (χ3v) is 3.58. The van der Waals surface area contributed by atoms with Gasteiger partial charge in [-0.3, -0.25) is 0 Å². The van der Waals surface area contributed by atoms with Crippen LogP contribution in [0.15, 0.2) is 24.3 Å². The molecule has 1 saturated carbocycles. The molecule has 88 valence electrons. The maximum Gasteiger partial charge on any atom is 0.0713 e. The summed E-state index contributed by atoms with van der Waals surface area (Å²) in [7, 11) is 1.70. The molecule has 1 aliphatic carbocycles. The number of nitrogens with two attached hydrogens (primary N) is 1. The Hall–Kier alpha value is -0.900. The molecule has 1 aromatic carbocycles. The molecule has 0 radical (unpaired) electrons. The van der Waals surface area contributed by atoms with E-state index >= 15 is 0 Å². The minimum Gasteiger partial charge on any atom is -0.396 e. The Morgan fingerprint density at radius 2 is 2.38 bits per heavy atom. The minimum absolute atomic E-state index is 0.0638. The SMILES string of the molecule is COCc1cccc(C2CC2(CN)CO)c1. The fourth-order valence-electron chi connectivity index (χ4n) is 2.35. The molecule has 0 saturated heterocycles. The van der Waals surface area contributed by atoms with Crippen LogP contribution in [0.2, 0.25) is 0 Å². The maximum atomic E-state index is 9.36. The van der Waals surface area contributed by atoms with Crippen molar-refractivity contribution in [3.63, 3.8) is 0 Å². The highest BCUT2D eigenvalue weighted by Gasteiger charge is 2.53. The summed E-state index contributed by atoms with van der Waals surface area (Å²) in [4.78, 5) is 0. The van der Waals surface area contributed by atoms with Crippen LogP contribution >= 0.6 is 0 Å². The van der Waals surface area contributed by atoms with E-state index in [-0.39, 0.29) is 12.0 Å². The van der Waals surface area contributed by atoms with Gasteiger partial charge in [0.15, 0.2) is 0 Å². The van der Waals surface area contributed by atoms with E-state index in [9.17, 15) is 5.11 Å². The van der Waals surface area contributed by atoms with Gasteiger partial charge in [-0.25, -0.2) is 0 Å². The second-order valence-electron chi connectivity index (χ2n) is 4.66. The molecule has 0 bridgehead atoms. The lowest BCUT2D eigenvalue weighted by Gasteiger charge is -2.11. The van der Waals surface area contributed by atoms with Crippen LogP contribution in [0.1, 0.15) is 23.5 Å². The molecular weight excluding hydrogens is 202 g/mol. The largest absolute Gasteiger partial charge is 0.396 e. The first-order valence-electron chi connectivity index (χ1n) is 5.64. The van der Waals surface area contributed by atoms with Crippen LogP contribution < -0.4 is 5.73 Å². The van der Waals surface area contributed by atoms with Gasteiger partial charge < -0.3 is 15.6 Å². The highest BCUT2D eigenvalue weighted by Crippen LogP contribution is 2.58. The van der Waals surface area contributed by atoms with Gasteiger partial charge >= 0.3 is 0 Å². The third-order valence-electron chi connectivity index (χ3n) is 3.58. The first-order chi connectivity index (χ1) is 7.75. The van der Waals surface area contributed by atoms with Gasteiger partial charge in [0, 0.05) is 19.1 Å². The number of rotatable bonds is 5. The molecule has 16 heavy (non-hydrogen) atoms. The molecule has 1 fully saturated rings. The van der Waals surface area contributed by atoms with Gasteiger partial charge in [0.1, 0.15) is 0 Å². The standard InChI is InChI=1S/C13H19NO2/c1-16-7-10-3-2-4-11(5-10)12-6-13(12,8-14)9-15/h2-5,12,15H,6-9,14H2,1H3. The molecule has 3 N–H and O–H groups in total. The normalized spacial score (nSPS) is 28.1. The van der Waals surface area contributed by atoms with Gasteiger partial charge in [0.05, 0.1) is 13.2 Å². The Labute approximate surface area is 96.2 Å². The molecule has 0 spiro atoms. The molecular formula is C13H19NO2. The third kappa shape index (κ3) is 1.98. The lowest BCUT2D eigenvalue weighted by Crippen LogP contribution is -2.21. The number of hydrogen-bond acceptors (Lipinski definition) is 3. The quantitative estimate of drug-likeness (QED) is 0.787. The molecule has 3 heteroatoms. The first kappa shape index (κ1) is 11.6. The number of hydrogen-bond donors (Lipinski definition) is 2. The fraction of sp³-hybridized carbons (Fsp3) is 0.538. The van der Waals surface area contributed by atoms with Crippen molar-refractivity contribution in [2.45, 2.75) is 18.9 Å². The van der Waals surface area contributed by atoms with Crippen molar-refractivity contribution in [1.29, 1.82) is 0 Å². The van der Waals surface area contributed by atoms with Crippen molar-refractivity contribution in [3.05, 3.63) is 35.4 Å². The maximum absolute atomic E-state index is 9.36. The zero-order valence-electron chi connectivity index (χ0n) is 9.65. The van der Waals surface area contributed by atoms with Crippen molar-refractivity contribution >= 4 is 0 Å². The molecule has 0 aromatic heterocycles. The lowest BCUT2D eigenvalue weighted by atomic mass is 9.99. The second kappa shape index (κ2) is 4.53. The van der Waals surface area contributed by atoms with E-state index in [1.807, 2.05) is 6.07 Å². The zero-order chi connectivity index (χ0) is 11.6. The lowest BCUT2D eigenvalue weighted by molar-refractivity contribution is 0.184. The highest BCUT2D eigenvalue weighted by molar-refractivity contribution is 5.33. The molecule has 2 atom stereocenters. The summed E-state index contributed by atoms with van der Waals surface area (Å²) in [5, 5.41) is 9.36. The van der Waals surface area contributed by atoms with Gasteiger partial charge in [-0.2, -0.15) is 0 Å². The van der Waals surface area contributed by atoms with Crippen molar-refractivity contribution in [2.24, 2.45) is 11.1 Å². The number of benzene rings is 1. The smallest absolute Gasteiger partial charge is 0.0713 e. The Kier molecular flexibility index (Phi) is 3.28. The minimum atomic E-state index is -0.0638. The van der Waals surface area contributed by atoms with Crippen molar-refractivity contribution in [3.8, 4) is 0 Å². The summed E-state index contributed by atoms with van der Waals surface area (Å²) in [6.45, 7) is 1.38. The van der Waals surface area contributed by atoms with Crippen LogP contribution in [-0.2, 0) is 11.3 Å². The summed E-state index contributed by atoms with van der Waals surface area (Å²) in [5.74, 6) is 0.416. The predicted octanol–water partition coefficient (Wildman–Crippen LogP) is 1.26. The summed E-state index contributed by atoms with van der Waals surface area (Å²) >= 11 is 0. The molecule has 0 amide bonds. The zero-order valence-corrected chi connectivity index (χ0v) is 9.65. The van der Waals surface area contributed by atoms with Gasteiger partial charge in [0.2, 0.25) is 0 Å². The average Bonchev–Trinajstić information content (AvgIpc) is 3.05. The van der Waals surface area contributed by atoms with E-state index in [1.165, 1.54) is 11.1 Å². The second-order valence-corrected chi connectivity index (χ2v) is 4.66. The Bertz CT molecular complexity index is 361. The number of ether oxygens (including phenoxy) is 1. The topological polar surface area (TPSA) is 55.5 Å². The van der Waals surface area contributed by atoms with Crippen molar-refractivity contribution < 1.29 is 9.84 Å². The average molecular weight is 221 g/mol. The number of aliphatic hydroxyl groups excluding tert-OH is 1. The van der Waals surface area contributed by atoms with Crippen LogP contribution in [0.5, 0.6) is 0 Å². The van der Waals surface area contributed by atoms with Crippen molar-refractivity contribution in [1.82, 2.24) is 0 Å². The van der Waals surface area contributed by atoms with Crippen LogP contribution in [0.3, 0.4) is 0 Å². The van der Waals surface area contributed by atoms with Gasteiger partial charge in [0.25, 0.3) is 0 Å². The Morgan fingerprint density at radius 1 is 1.56 bits per heavy atom. The molecule has 1 aromatic rings. The molecule has 0 aliphatic heterocycles. The number of aliphatic hydroxyl groups is 1. The van der Waals surface area contributed by atoms with Crippen molar-refractivity contribution in [2.75, 3.05) is 20.3 Å². The molecule has 0 heterocycles. The monoisotopic (exact) mass is 221 g/mol. The van der Waals surface area contributed by atoms with E-state index in [0.717, 1.165) is 6.42 Å². The van der Waals surface area contributed by atoms with Crippen LogP contribution in [-0.4, -0.2) is 25.4 Å². The van der Waals surface area contributed by atoms with Crippen LogP contribution in [0.25, 0.3) is 0 Å². The van der Waals surface area contributed by atoms with E-state index in [4.69, 9.17) is 10.5 Å². The Balaban J connectivity index is 2.14. The summed E-state index contributed by atoms with van der Waals surface area (Å²) in [6, 6.07) is 8.36.